The number of amides is 1. The first kappa shape index (κ1) is 17.8. The standard InChI is InChI=1S/C18H17N3O4S/c1-3-12-20-16-13(9(2)14(26-16)15(19)22)17(23)21(12)8-10-4-6-11(7-5-10)18(24)25/h4-7H,3,8H2,1-2H3,(H2,19,22)(H,24,25). The summed E-state index contributed by atoms with van der Waals surface area (Å²) in [5.41, 5.74) is 6.68. The maximum atomic E-state index is 13.0. The van der Waals surface area contributed by atoms with Gasteiger partial charge in [0.15, 0.2) is 0 Å². The summed E-state index contributed by atoms with van der Waals surface area (Å²) in [5, 5.41) is 9.39. The molecule has 0 bridgehead atoms. The molecule has 3 N–H and O–H groups in total. The molecule has 0 unspecified atom stereocenters. The molecule has 134 valence electrons. The minimum atomic E-state index is -1.00. The Morgan fingerprint density at radius 1 is 1.27 bits per heavy atom. The molecule has 0 spiro atoms. The number of nitrogens with two attached hydrogens (primary N) is 1. The molecule has 2 aromatic heterocycles. The smallest absolute Gasteiger partial charge is 0.335 e. The molecule has 1 amide bonds. The highest BCUT2D eigenvalue weighted by atomic mass is 32.1. The molecule has 0 saturated carbocycles. The number of aromatic carboxylic acids is 1. The fourth-order valence-corrected chi connectivity index (χ4v) is 3.90. The second-order valence-electron chi connectivity index (χ2n) is 5.88. The summed E-state index contributed by atoms with van der Waals surface area (Å²) < 4.78 is 1.56. The Balaban J connectivity index is 2.14. The predicted molar refractivity (Wildman–Crippen MR) is 99.0 cm³/mol. The number of fused-ring (bicyclic) bond motifs is 1. The zero-order valence-corrected chi connectivity index (χ0v) is 15.1. The van der Waals surface area contributed by atoms with Gasteiger partial charge < -0.3 is 10.8 Å². The molecule has 0 atom stereocenters. The predicted octanol–water partition coefficient (Wildman–Crippen LogP) is 2.17. The van der Waals surface area contributed by atoms with E-state index in [0.717, 1.165) is 16.9 Å². The van der Waals surface area contributed by atoms with E-state index in [1.807, 2.05) is 6.92 Å². The van der Waals surface area contributed by atoms with Crippen molar-refractivity contribution in [3.8, 4) is 0 Å². The maximum Gasteiger partial charge on any atom is 0.335 e. The largest absolute Gasteiger partial charge is 0.478 e. The summed E-state index contributed by atoms with van der Waals surface area (Å²) in [6, 6.07) is 6.35. The lowest BCUT2D eigenvalue weighted by Crippen LogP contribution is -2.25. The molecule has 0 aliphatic rings. The van der Waals surface area contributed by atoms with Gasteiger partial charge in [-0.05, 0) is 30.2 Å². The third-order valence-electron chi connectivity index (χ3n) is 4.21. The summed E-state index contributed by atoms with van der Waals surface area (Å²) in [5.74, 6) is -0.972. The number of primary amides is 1. The highest BCUT2D eigenvalue weighted by Gasteiger charge is 2.19. The Labute approximate surface area is 152 Å². The van der Waals surface area contributed by atoms with E-state index in [4.69, 9.17) is 10.8 Å². The van der Waals surface area contributed by atoms with Gasteiger partial charge in [0.25, 0.3) is 11.5 Å². The van der Waals surface area contributed by atoms with Crippen molar-refractivity contribution in [3.63, 3.8) is 0 Å². The maximum absolute atomic E-state index is 13.0. The fraction of sp³-hybridized carbons (Fsp3) is 0.222. The van der Waals surface area contributed by atoms with Crippen LogP contribution in [0.3, 0.4) is 0 Å². The van der Waals surface area contributed by atoms with Crippen molar-refractivity contribution < 1.29 is 14.7 Å². The topological polar surface area (TPSA) is 115 Å². The third-order valence-corrected chi connectivity index (χ3v) is 5.41. The number of benzene rings is 1. The number of carbonyl (C=O) groups excluding carboxylic acids is 1. The van der Waals surface area contributed by atoms with E-state index in [0.29, 0.717) is 32.9 Å². The van der Waals surface area contributed by atoms with Crippen LogP contribution in [0.1, 0.15) is 43.9 Å². The average molecular weight is 371 g/mol. The molecule has 0 aliphatic heterocycles. The lowest BCUT2D eigenvalue weighted by atomic mass is 10.1. The number of rotatable bonds is 5. The van der Waals surface area contributed by atoms with Gasteiger partial charge in [0, 0.05) is 6.42 Å². The number of nitrogens with zero attached hydrogens (tertiary/aromatic N) is 2. The number of hydrogen-bond acceptors (Lipinski definition) is 5. The summed E-state index contributed by atoms with van der Waals surface area (Å²) in [7, 11) is 0. The Morgan fingerprint density at radius 3 is 2.46 bits per heavy atom. The first-order valence-corrected chi connectivity index (χ1v) is 8.80. The highest BCUT2D eigenvalue weighted by molar-refractivity contribution is 7.20. The molecule has 8 heteroatoms. The molecule has 0 saturated heterocycles. The van der Waals surface area contributed by atoms with Crippen molar-refractivity contribution in [2.75, 3.05) is 0 Å². The molecule has 1 aromatic carbocycles. The van der Waals surface area contributed by atoms with Crippen molar-refractivity contribution >= 4 is 33.4 Å². The van der Waals surface area contributed by atoms with E-state index >= 15 is 0 Å². The molecular formula is C18H17N3O4S. The van der Waals surface area contributed by atoms with Gasteiger partial charge in [0.1, 0.15) is 10.7 Å². The van der Waals surface area contributed by atoms with Crippen molar-refractivity contribution in [1.29, 1.82) is 0 Å². The fourth-order valence-electron chi connectivity index (χ4n) is 2.86. The first-order valence-electron chi connectivity index (χ1n) is 7.98. The van der Waals surface area contributed by atoms with Crippen LogP contribution < -0.4 is 11.3 Å². The number of aryl methyl sites for hydroxylation is 2. The van der Waals surface area contributed by atoms with E-state index in [1.165, 1.54) is 12.1 Å². The van der Waals surface area contributed by atoms with Gasteiger partial charge in [0.05, 0.1) is 22.4 Å². The van der Waals surface area contributed by atoms with Gasteiger partial charge in [-0.2, -0.15) is 0 Å². The Bertz CT molecular complexity index is 1080. The van der Waals surface area contributed by atoms with Gasteiger partial charge in [-0.15, -0.1) is 11.3 Å². The van der Waals surface area contributed by atoms with Gasteiger partial charge in [-0.1, -0.05) is 19.1 Å². The van der Waals surface area contributed by atoms with Crippen LogP contribution in [0.15, 0.2) is 29.1 Å². The number of aromatic nitrogens is 2. The minimum Gasteiger partial charge on any atom is -0.478 e. The lowest BCUT2D eigenvalue weighted by Gasteiger charge is -2.11. The zero-order valence-electron chi connectivity index (χ0n) is 14.3. The number of thiophene rings is 1. The van der Waals surface area contributed by atoms with Crippen LogP contribution in [0.2, 0.25) is 0 Å². The van der Waals surface area contributed by atoms with E-state index in [9.17, 15) is 14.4 Å². The summed E-state index contributed by atoms with van der Waals surface area (Å²) in [4.78, 5) is 41.0. The van der Waals surface area contributed by atoms with Crippen molar-refractivity contribution in [3.05, 3.63) is 62.0 Å². The van der Waals surface area contributed by atoms with Gasteiger partial charge in [-0.25, -0.2) is 9.78 Å². The van der Waals surface area contributed by atoms with E-state index < -0.39 is 11.9 Å². The molecule has 3 rings (SSSR count). The third kappa shape index (κ3) is 2.99. The second kappa shape index (κ2) is 6.72. The summed E-state index contributed by atoms with van der Waals surface area (Å²) in [6.45, 7) is 3.86. The van der Waals surface area contributed by atoms with Crippen LogP contribution >= 0.6 is 11.3 Å². The minimum absolute atomic E-state index is 0.185. The van der Waals surface area contributed by atoms with Crippen LogP contribution in [0.4, 0.5) is 0 Å². The summed E-state index contributed by atoms with van der Waals surface area (Å²) in [6.07, 6.45) is 0.543. The molecule has 7 nitrogen and oxygen atoms in total. The average Bonchev–Trinajstić information content (AvgIpc) is 2.94. The summed E-state index contributed by atoms with van der Waals surface area (Å²) >= 11 is 1.13. The van der Waals surface area contributed by atoms with Gasteiger partial charge in [-0.3, -0.25) is 14.2 Å². The SMILES string of the molecule is CCc1nc2sc(C(N)=O)c(C)c2c(=O)n1Cc1ccc(C(=O)O)cc1. The molecule has 3 aromatic rings. The number of hydrogen-bond donors (Lipinski definition) is 2. The van der Waals surface area contributed by atoms with Crippen molar-refractivity contribution in [2.24, 2.45) is 5.73 Å². The van der Waals surface area contributed by atoms with Crippen LogP contribution in [-0.4, -0.2) is 26.5 Å². The van der Waals surface area contributed by atoms with Crippen LogP contribution in [0, 0.1) is 6.92 Å². The van der Waals surface area contributed by atoms with Crippen LogP contribution in [0.5, 0.6) is 0 Å². The van der Waals surface area contributed by atoms with E-state index in [2.05, 4.69) is 4.98 Å². The Morgan fingerprint density at radius 2 is 1.92 bits per heavy atom. The van der Waals surface area contributed by atoms with Crippen molar-refractivity contribution in [2.45, 2.75) is 26.8 Å². The number of carboxylic acid groups (broad SMARTS) is 1. The monoisotopic (exact) mass is 371 g/mol. The van der Waals surface area contributed by atoms with E-state index in [-0.39, 0.29) is 17.7 Å². The number of carbonyl (C=O) groups is 2. The molecule has 26 heavy (non-hydrogen) atoms. The number of carboxylic acids is 1. The van der Waals surface area contributed by atoms with Crippen molar-refractivity contribution in [1.82, 2.24) is 9.55 Å². The van der Waals surface area contributed by atoms with Crippen LogP contribution in [-0.2, 0) is 13.0 Å². The first-order chi connectivity index (χ1) is 12.3. The molecular weight excluding hydrogens is 354 g/mol. The second-order valence-corrected chi connectivity index (χ2v) is 6.87. The van der Waals surface area contributed by atoms with E-state index in [1.54, 1.807) is 23.6 Å². The molecule has 0 radical (unpaired) electrons. The van der Waals surface area contributed by atoms with Gasteiger partial charge >= 0.3 is 5.97 Å². The Hall–Kier alpha value is -3.00. The lowest BCUT2D eigenvalue weighted by molar-refractivity contribution is 0.0696. The highest BCUT2D eigenvalue weighted by Crippen LogP contribution is 2.27. The van der Waals surface area contributed by atoms with Gasteiger partial charge in [0.2, 0.25) is 0 Å². The normalized spacial score (nSPS) is 11.0. The quantitative estimate of drug-likeness (QED) is 0.713. The van der Waals surface area contributed by atoms with Crippen LogP contribution in [0.25, 0.3) is 10.2 Å². The Kier molecular flexibility index (Phi) is 4.60. The zero-order chi connectivity index (χ0) is 19.0. The molecule has 0 aliphatic carbocycles. The molecule has 2 heterocycles. The molecule has 0 fully saturated rings.